The number of piperidine rings is 1. The number of aryl methyl sites for hydroxylation is 3. The Hall–Kier alpha value is -2.44. The molecule has 3 heterocycles. The van der Waals surface area contributed by atoms with E-state index in [0.29, 0.717) is 18.3 Å². The Morgan fingerprint density at radius 1 is 1.16 bits per heavy atom. The average molecular weight is 441 g/mol. The topological polar surface area (TPSA) is 64.2 Å². The number of nitrogens with zero attached hydrogens (tertiary/aromatic N) is 4. The third-order valence-electron chi connectivity index (χ3n) is 6.26. The fourth-order valence-corrected chi connectivity index (χ4v) is 4.55. The maximum absolute atomic E-state index is 13.1. The number of carbonyl (C=O) groups excluding carboxylic acids is 1. The Bertz CT molecular complexity index is 1050. The van der Waals surface area contributed by atoms with Crippen LogP contribution in [0.15, 0.2) is 34.9 Å². The van der Waals surface area contributed by atoms with E-state index in [-0.39, 0.29) is 5.78 Å². The summed E-state index contributed by atoms with van der Waals surface area (Å²) in [5.41, 5.74) is 4.25. The number of halogens is 1. The fraction of sp³-hybridized carbons (Fsp3) is 0.458. The molecule has 164 valence electrons. The molecule has 31 heavy (non-hydrogen) atoms. The number of carbonyl (C=O) groups is 1. The highest BCUT2D eigenvalue weighted by atomic mass is 35.5. The first-order chi connectivity index (χ1) is 14.9. The molecule has 0 spiro atoms. The molecule has 0 atom stereocenters. The highest BCUT2D eigenvalue weighted by Gasteiger charge is 2.26. The van der Waals surface area contributed by atoms with Gasteiger partial charge in [0.2, 0.25) is 5.89 Å². The summed E-state index contributed by atoms with van der Waals surface area (Å²) in [7, 11) is 0. The molecule has 1 fully saturated rings. The van der Waals surface area contributed by atoms with Crippen LogP contribution in [0.2, 0.25) is 5.02 Å². The summed E-state index contributed by atoms with van der Waals surface area (Å²) in [4.78, 5) is 19.7. The minimum Gasteiger partial charge on any atom is -0.348 e. The Morgan fingerprint density at radius 3 is 2.52 bits per heavy atom. The maximum Gasteiger partial charge on any atom is 0.229 e. The van der Waals surface area contributed by atoms with E-state index in [9.17, 15) is 4.79 Å². The van der Waals surface area contributed by atoms with Gasteiger partial charge in [-0.25, -0.2) is 0 Å². The summed E-state index contributed by atoms with van der Waals surface area (Å²) in [5, 5.41) is 4.65. The quantitative estimate of drug-likeness (QED) is 0.496. The van der Waals surface area contributed by atoms with Gasteiger partial charge < -0.3 is 9.09 Å². The molecule has 0 aliphatic carbocycles. The van der Waals surface area contributed by atoms with Gasteiger partial charge in [0.25, 0.3) is 0 Å². The average Bonchev–Trinajstić information content (AvgIpc) is 3.31. The van der Waals surface area contributed by atoms with Crippen LogP contribution in [0.4, 0.5) is 0 Å². The van der Waals surface area contributed by atoms with E-state index < -0.39 is 0 Å². The van der Waals surface area contributed by atoms with Crippen LogP contribution in [-0.2, 0) is 13.0 Å². The summed E-state index contributed by atoms with van der Waals surface area (Å²) in [5.74, 6) is 1.90. The Kier molecular flexibility index (Phi) is 6.58. The lowest BCUT2D eigenvalue weighted by Crippen LogP contribution is -2.37. The maximum atomic E-state index is 13.1. The first-order valence-electron chi connectivity index (χ1n) is 10.9. The number of Topliss-reactive ketones (excluding diaryl/α,β-unsaturated/α-hetero) is 1. The molecule has 0 amide bonds. The molecule has 0 bridgehead atoms. The molecule has 0 radical (unpaired) electrons. The van der Waals surface area contributed by atoms with Crippen LogP contribution in [-0.4, -0.2) is 45.0 Å². The predicted molar refractivity (Wildman–Crippen MR) is 121 cm³/mol. The molecule has 3 aromatic rings. The Balaban J connectivity index is 1.34. The molecule has 2 aromatic heterocycles. The van der Waals surface area contributed by atoms with Crippen molar-refractivity contribution in [2.24, 2.45) is 0 Å². The number of hydrogen-bond acceptors (Lipinski definition) is 5. The van der Waals surface area contributed by atoms with Crippen molar-refractivity contribution >= 4 is 17.4 Å². The van der Waals surface area contributed by atoms with Crippen LogP contribution in [0.1, 0.15) is 57.8 Å². The van der Waals surface area contributed by atoms with Gasteiger partial charge in [0.05, 0.1) is 6.54 Å². The van der Waals surface area contributed by atoms with Crippen molar-refractivity contribution in [2.45, 2.75) is 52.5 Å². The molecular weight excluding hydrogens is 412 g/mol. The number of hydrogen-bond donors (Lipinski definition) is 0. The number of benzene rings is 1. The van der Waals surface area contributed by atoms with Gasteiger partial charge in [0.1, 0.15) is 0 Å². The molecule has 6 nitrogen and oxygen atoms in total. The minimum atomic E-state index is 0.193. The van der Waals surface area contributed by atoms with Crippen LogP contribution >= 0.6 is 11.6 Å². The molecule has 0 saturated carbocycles. The summed E-state index contributed by atoms with van der Waals surface area (Å²) in [6.45, 7) is 9.00. The molecule has 1 aliphatic rings. The monoisotopic (exact) mass is 440 g/mol. The molecule has 4 rings (SSSR count). The van der Waals surface area contributed by atoms with Crippen molar-refractivity contribution in [1.82, 2.24) is 19.6 Å². The largest absolute Gasteiger partial charge is 0.348 e. The normalized spacial score (nSPS) is 15.5. The van der Waals surface area contributed by atoms with Gasteiger partial charge in [-0.2, -0.15) is 4.98 Å². The van der Waals surface area contributed by atoms with E-state index in [2.05, 4.69) is 38.7 Å². The lowest BCUT2D eigenvalue weighted by molar-refractivity contribution is 0.0904. The Labute approximate surface area is 188 Å². The zero-order chi connectivity index (χ0) is 22.0. The second-order valence-electron chi connectivity index (χ2n) is 8.47. The second kappa shape index (κ2) is 9.37. The number of rotatable bonds is 7. The van der Waals surface area contributed by atoms with E-state index in [4.69, 9.17) is 16.1 Å². The van der Waals surface area contributed by atoms with Gasteiger partial charge in [-0.1, -0.05) is 28.9 Å². The van der Waals surface area contributed by atoms with Crippen molar-refractivity contribution in [3.05, 3.63) is 69.6 Å². The predicted octanol–water partition coefficient (Wildman–Crippen LogP) is 4.75. The van der Waals surface area contributed by atoms with Crippen LogP contribution in [0.3, 0.4) is 0 Å². The molecule has 1 aromatic carbocycles. The van der Waals surface area contributed by atoms with E-state index >= 15 is 0 Å². The van der Waals surface area contributed by atoms with Crippen LogP contribution < -0.4 is 0 Å². The molecule has 0 N–H and O–H groups in total. The van der Waals surface area contributed by atoms with Gasteiger partial charge in [-0.3, -0.25) is 9.69 Å². The third kappa shape index (κ3) is 5.08. The standard InChI is InChI=1S/C24H29ClN4O2/c1-16-14-22(17(2)29(16)13-8-19-4-6-21(25)7-5-19)23(30)15-28-11-9-20(10-12-28)24-26-18(3)27-31-24/h4-7,14,20H,8-13,15H2,1-3H3. The minimum absolute atomic E-state index is 0.193. The van der Waals surface area contributed by atoms with Crippen molar-refractivity contribution < 1.29 is 9.32 Å². The van der Waals surface area contributed by atoms with Crippen molar-refractivity contribution in [2.75, 3.05) is 19.6 Å². The number of likely N-dealkylation sites (tertiary alicyclic amines) is 1. The molecule has 1 aliphatic heterocycles. The van der Waals surface area contributed by atoms with Crippen molar-refractivity contribution in [3.63, 3.8) is 0 Å². The van der Waals surface area contributed by atoms with Gasteiger partial charge in [0, 0.05) is 34.4 Å². The number of aromatic nitrogens is 3. The van der Waals surface area contributed by atoms with Gasteiger partial charge in [-0.05, 0) is 76.9 Å². The van der Waals surface area contributed by atoms with E-state index in [1.165, 1.54) is 5.56 Å². The van der Waals surface area contributed by atoms with Crippen molar-refractivity contribution in [1.29, 1.82) is 0 Å². The summed E-state index contributed by atoms with van der Waals surface area (Å²) in [6, 6.07) is 9.99. The van der Waals surface area contributed by atoms with E-state index in [0.717, 1.165) is 66.8 Å². The van der Waals surface area contributed by atoms with Gasteiger partial charge >= 0.3 is 0 Å². The highest BCUT2D eigenvalue weighted by molar-refractivity contribution is 6.30. The van der Waals surface area contributed by atoms with Crippen LogP contribution in [0, 0.1) is 20.8 Å². The van der Waals surface area contributed by atoms with Crippen LogP contribution in [0.25, 0.3) is 0 Å². The first-order valence-corrected chi connectivity index (χ1v) is 11.3. The summed E-state index contributed by atoms with van der Waals surface area (Å²) in [6.07, 6.45) is 2.79. The van der Waals surface area contributed by atoms with Gasteiger partial charge in [0.15, 0.2) is 11.6 Å². The SMILES string of the molecule is Cc1noc(C2CCN(CC(=O)c3cc(C)n(CCc4ccc(Cl)cc4)c3C)CC2)n1. The van der Waals surface area contributed by atoms with E-state index in [1.807, 2.05) is 32.0 Å². The molecule has 1 saturated heterocycles. The zero-order valence-electron chi connectivity index (χ0n) is 18.4. The van der Waals surface area contributed by atoms with Crippen molar-refractivity contribution in [3.8, 4) is 0 Å². The highest BCUT2D eigenvalue weighted by Crippen LogP contribution is 2.27. The second-order valence-corrected chi connectivity index (χ2v) is 8.90. The Morgan fingerprint density at radius 2 is 1.87 bits per heavy atom. The van der Waals surface area contributed by atoms with E-state index in [1.54, 1.807) is 0 Å². The fourth-order valence-electron chi connectivity index (χ4n) is 4.42. The molecular formula is C24H29ClN4O2. The first kappa shape index (κ1) is 21.8. The lowest BCUT2D eigenvalue weighted by atomic mass is 9.96. The number of ketones is 1. The summed E-state index contributed by atoms with van der Waals surface area (Å²) >= 11 is 5.98. The summed E-state index contributed by atoms with van der Waals surface area (Å²) < 4.78 is 7.57. The smallest absolute Gasteiger partial charge is 0.229 e. The zero-order valence-corrected chi connectivity index (χ0v) is 19.2. The third-order valence-corrected chi connectivity index (χ3v) is 6.51. The lowest BCUT2D eigenvalue weighted by Gasteiger charge is -2.29. The molecule has 0 unspecified atom stereocenters. The van der Waals surface area contributed by atoms with Gasteiger partial charge in [-0.15, -0.1) is 0 Å². The molecule has 7 heteroatoms. The van der Waals surface area contributed by atoms with Crippen LogP contribution in [0.5, 0.6) is 0 Å².